The van der Waals surface area contributed by atoms with E-state index in [9.17, 15) is 18.0 Å². The molecule has 1 fully saturated rings. The molecule has 1 aromatic carbocycles. The van der Waals surface area contributed by atoms with E-state index in [0.717, 1.165) is 0 Å². The minimum absolute atomic E-state index is 0.235. The van der Waals surface area contributed by atoms with Gasteiger partial charge in [0.25, 0.3) is 0 Å². The summed E-state index contributed by atoms with van der Waals surface area (Å²) in [4.78, 5) is 13.2. The van der Waals surface area contributed by atoms with E-state index in [1.165, 1.54) is 0 Å². The highest BCUT2D eigenvalue weighted by atomic mass is 19.1. The zero-order valence-electron chi connectivity index (χ0n) is 11.7. The number of nitrogens with one attached hydrogen (secondary N) is 1. The van der Waals surface area contributed by atoms with E-state index in [-0.39, 0.29) is 5.92 Å². The first-order valence-corrected chi connectivity index (χ1v) is 6.81. The summed E-state index contributed by atoms with van der Waals surface area (Å²) >= 11 is 0. The van der Waals surface area contributed by atoms with Crippen LogP contribution in [0.2, 0.25) is 0 Å². The van der Waals surface area contributed by atoms with Gasteiger partial charge in [-0.15, -0.1) is 0 Å². The molecule has 0 radical (unpaired) electrons. The molecule has 1 amide bonds. The normalized spacial score (nSPS) is 16.0. The van der Waals surface area contributed by atoms with Crippen molar-refractivity contribution in [2.24, 2.45) is 5.92 Å². The van der Waals surface area contributed by atoms with E-state index in [1.54, 1.807) is 5.48 Å². The molecule has 0 aliphatic carbocycles. The first-order chi connectivity index (χ1) is 10.5. The Labute approximate surface area is 125 Å². The molecule has 0 unspecified atom stereocenters. The van der Waals surface area contributed by atoms with Crippen LogP contribution in [0.25, 0.3) is 0 Å². The number of carbonyl (C=O) groups excluding carboxylic acids is 1. The molecular weight excluding hydrogens is 297 g/mol. The third kappa shape index (κ3) is 4.00. The van der Waals surface area contributed by atoms with E-state index in [0.29, 0.717) is 44.6 Å². The molecule has 0 saturated carbocycles. The Bertz CT molecular complexity index is 594. The summed E-state index contributed by atoms with van der Waals surface area (Å²) in [6.45, 7) is 1.49. The maximum atomic E-state index is 13.4. The van der Waals surface area contributed by atoms with Gasteiger partial charge in [0.05, 0.1) is 12.1 Å². The van der Waals surface area contributed by atoms with E-state index in [1.807, 2.05) is 4.90 Å². The summed E-state index contributed by atoms with van der Waals surface area (Å²) in [5, 5.41) is 8.56. The number of hydroxylamine groups is 1. The summed E-state index contributed by atoms with van der Waals surface area (Å²) in [5.74, 6) is 1.36. The number of likely N-dealkylation sites (tertiary alicyclic amines) is 1. The molecule has 22 heavy (non-hydrogen) atoms. The van der Waals surface area contributed by atoms with Gasteiger partial charge in [-0.2, -0.15) is 0 Å². The molecule has 0 bridgehead atoms. The van der Waals surface area contributed by atoms with E-state index in [4.69, 9.17) is 5.21 Å². The topological polar surface area (TPSA) is 52.6 Å². The van der Waals surface area contributed by atoms with Crippen molar-refractivity contribution in [2.75, 3.05) is 19.6 Å². The van der Waals surface area contributed by atoms with Gasteiger partial charge in [0, 0.05) is 18.1 Å². The highest BCUT2D eigenvalue weighted by molar-refractivity contribution is 5.77. The summed E-state index contributed by atoms with van der Waals surface area (Å²) in [5.41, 5.74) is 1.18. The fourth-order valence-electron chi connectivity index (χ4n) is 2.35. The third-order valence-electron chi connectivity index (χ3n) is 3.59. The Morgan fingerprint density at radius 2 is 1.86 bits per heavy atom. The second-order valence-electron chi connectivity index (χ2n) is 5.07. The number of halogens is 3. The van der Waals surface area contributed by atoms with Crippen LogP contribution in [-0.4, -0.2) is 35.6 Å². The number of rotatable bonds is 2. The van der Waals surface area contributed by atoms with E-state index in [2.05, 4.69) is 11.8 Å². The molecule has 2 N–H and O–H groups in total. The van der Waals surface area contributed by atoms with Crippen molar-refractivity contribution < 1.29 is 23.2 Å². The number of nitrogens with zero attached hydrogens (tertiary/aromatic N) is 1. The second-order valence-corrected chi connectivity index (χ2v) is 5.07. The van der Waals surface area contributed by atoms with Gasteiger partial charge in [0.2, 0.25) is 5.91 Å². The zero-order valence-corrected chi connectivity index (χ0v) is 11.7. The van der Waals surface area contributed by atoms with E-state index >= 15 is 0 Å². The van der Waals surface area contributed by atoms with Crippen molar-refractivity contribution in [1.29, 1.82) is 0 Å². The van der Waals surface area contributed by atoms with Gasteiger partial charge in [0.15, 0.2) is 0 Å². The fraction of sp³-hybridized carbons (Fsp3) is 0.400. The Morgan fingerprint density at radius 3 is 2.41 bits per heavy atom. The highest BCUT2D eigenvalue weighted by Gasteiger charge is 2.24. The minimum atomic E-state index is -1.02. The van der Waals surface area contributed by atoms with Gasteiger partial charge in [-0.05, 0) is 25.9 Å². The van der Waals surface area contributed by atoms with Crippen LogP contribution in [0.4, 0.5) is 13.2 Å². The summed E-state index contributed by atoms with van der Waals surface area (Å²) < 4.78 is 39.5. The lowest BCUT2D eigenvalue weighted by atomic mass is 9.96. The summed E-state index contributed by atoms with van der Waals surface area (Å²) in [7, 11) is 0. The molecule has 0 spiro atoms. The predicted molar refractivity (Wildman–Crippen MR) is 72.3 cm³/mol. The largest absolute Gasteiger partial charge is 0.292 e. The predicted octanol–water partition coefficient (Wildman–Crippen LogP) is 1.67. The number of hydrogen-bond donors (Lipinski definition) is 2. The molecule has 1 aliphatic heterocycles. The van der Waals surface area contributed by atoms with Gasteiger partial charge >= 0.3 is 0 Å². The Morgan fingerprint density at radius 1 is 1.27 bits per heavy atom. The van der Waals surface area contributed by atoms with Crippen LogP contribution < -0.4 is 5.48 Å². The Hall–Kier alpha value is -2.04. The fourth-order valence-corrected chi connectivity index (χ4v) is 2.35. The third-order valence-corrected chi connectivity index (χ3v) is 3.59. The van der Waals surface area contributed by atoms with Crippen LogP contribution in [0.3, 0.4) is 0 Å². The molecule has 1 heterocycles. The van der Waals surface area contributed by atoms with Crippen molar-refractivity contribution in [3.8, 4) is 11.8 Å². The smallest absolute Gasteiger partial charge is 0.246 e. The maximum Gasteiger partial charge on any atom is 0.246 e. The number of benzene rings is 1. The molecule has 1 aromatic rings. The molecular formula is C15H15F3N2O2. The standard InChI is InChI=1S/C15H15F3N2O2/c16-11-8-13(17)12(14(18)9-11)2-1-5-20-6-3-10(4-7-20)15(21)19-22/h8-10,22H,3-7H2,(H,19,21). The number of amides is 1. The van der Waals surface area contributed by atoms with E-state index < -0.39 is 28.9 Å². The van der Waals surface area contributed by atoms with Gasteiger partial charge in [0.1, 0.15) is 17.5 Å². The van der Waals surface area contributed by atoms with Crippen LogP contribution in [0.5, 0.6) is 0 Å². The molecule has 4 nitrogen and oxygen atoms in total. The Kier molecular flexibility index (Phi) is 5.41. The molecule has 0 atom stereocenters. The second kappa shape index (κ2) is 7.29. The van der Waals surface area contributed by atoms with Gasteiger partial charge in [-0.3, -0.25) is 14.9 Å². The maximum absolute atomic E-state index is 13.4. The minimum Gasteiger partial charge on any atom is -0.292 e. The zero-order chi connectivity index (χ0) is 16.1. The summed E-state index contributed by atoms with van der Waals surface area (Å²) in [6.07, 6.45) is 1.15. The molecule has 7 heteroatoms. The monoisotopic (exact) mass is 312 g/mol. The lowest BCUT2D eigenvalue weighted by Crippen LogP contribution is -2.39. The lowest BCUT2D eigenvalue weighted by molar-refractivity contribution is -0.134. The quantitative estimate of drug-likeness (QED) is 0.496. The molecule has 0 aromatic heterocycles. The van der Waals surface area contributed by atoms with Crippen LogP contribution >= 0.6 is 0 Å². The van der Waals surface area contributed by atoms with Gasteiger partial charge < -0.3 is 0 Å². The highest BCUT2D eigenvalue weighted by Crippen LogP contribution is 2.17. The SMILES string of the molecule is O=C(NO)C1CCN(CC#Cc2c(F)cc(F)cc2F)CC1. The van der Waals surface area contributed by atoms with Crippen molar-refractivity contribution in [3.63, 3.8) is 0 Å². The molecule has 1 saturated heterocycles. The average molecular weight is 312 g/mol. The van der Waals surface area contributed by atoms with Crippen LogP contribution in [0.1, 0.15) is 18.4 Å². The number of carbonyl (C=O) groups is 1. The van der Waals surface area contributed by atoms with Crippen molar-refractivity contribution in [1.82, 2.24) is 10.4 Å². The number of piperidine rings is 1. The first-order valence-electron chi connectivity index (χ1n) is 6.81. The van der Waals surface area contributed by atoms with Gasteiger partial charge in [-0.1, -0.05) is 11.8 Å². The van der Waals surface area contributed by atoms with Crippen LogP contribution in [-0.2, 0) is 4.79 Å². The molecule has 1 aliphatic rings. The Balaban J connectivity index is 1.92. The van der Waals surface area contributed by atoms with Crippen molar-refractivity contribution in [2.45, 2.75) is 12.8 Å². The average Bonchev–Trinajstić information content (AvgIpc) is 2.49. The summed E-state index contributed by atoms with van der Waals surface area (Å²) in [6, 6.07) is 1.18. The molecule has 2 rings (SSSR count). The first kappa shape index (κ1) is 16.3. The van der Waals surface area contributed by atoms with Crippen LogP contribution in [0, 0.1) is 35.2 Å². The van der Waals surface area contributed by atoms with Crippen LogP contribution in [0.15, 0.2) is 12.1 Å². The molecule has 118 valence electrons. The lowest BCUT2D eigenvalue weighted by Gasteiger charge is -2.29. The van der Waals surface area contributed by atoms with Gasteiger partial charge in [-0.25, -0.2) is 18.7 Å². The van der Waals surface area contributed by atoms with Crippen molar-refractivity contribution in [3.05, 3.63) is 35.1 Å². The number of hydrogen-bond acceptors (Lipinski definition) is 3. The van der Waals surface area contributed by atoms with Crippen molar-refractivity contribution >= 4 is 5.91 Å².